The zero-order chi connectivity index (χ0) is 21.7. The van der Waals surface area contributed by atoms with Crippen molar-refractivity contribution in [2.75, 3.05) is 10.6 Å². The van der Waals surface area contributed by atoms with Gasteiger partial charge in [0.1, 0.15) is 0 Å². The third-order valence-corrected chi connectivity index (χ3v) is 5.82. The minimum Gasteiger partial charge on any atom is -0.325 e. The molecule has 3 aromatic carbocycles. The fraction of sp³-hybridized carbons (Fsp3) is 0.200. The summed E-state index contributed by atoms with van der Waals surface area (Å²) in [6, 6.07) is 21.0. The van der Waals surface area contributed by atoms with E-state index in [1.807, 2.05) is 94.4 Å². The van der Waals surface area contributed by atoms with E-state index >= 15 is 0 Å². The van der Waals surface area contributed by atoms with Gasteiger partial charge >= 0.3 is 0 Å². The molecule has 1 atom stereocenters. The lowest BCUT2D eigenvalue weighted by Gasteiger charge is -2.14. The van der Waals surface area contributed by atoms with Crippen molar-refractivity contribution in [1.82, 2.24) is 0 Å². The first-order valence-corrected chi connectivity index (χ1v) is 10.7. The van der Waals surface area contributed by atoms with Crippen molar-refractivity contribution in [3.8, 4) is 0 Å². The summed E-state index contributed by atoms with van der Waals surface area (Å²) in [5.41, 5.74) is 5.46. The molecule has 2 amide bonds. The minimum atomic E-state index is -0.284. The summed E-state index contributed by atoms with van der Waals surface area (Å²) in [6.07, 6.45) is 0. The van der Waals surface area contributed by atoms with E-state index in [9.17, 15) is 9.59 Å². The van der Waals surface area contributed by atoms with Crippen LogP contribution < -0.4 is 10.6 Å². The van der Waals surface area contributed by atoms with Crippen LogP contribution in [0, 0.1) is 20.8 Å². The molecule has 0 heterocycles. The number of carbonyl (C=O) groups is 2. The highest BCUT2D eigenvalue weighted by Gasteiger charge is 2.16. The van der Waals surface area contributed by atoms with Gasteiger partial charge in [-0.05, 0) is 69.7 Å². The molecule has 0 saturated heterocycles. The van der Waals surface area contributed by atoms with Crippen LogP contribution in [0.5, 0.6) is 0 Å². The molecular formula is C25H26N2O2S. The zero-order valence-corrected chi connectivity index (χ0v) is 18.5. The smallest absolute Gasteiger partial charge is 0.255 e. The summed E-state index contributed by atoms with van der Waals surface area (Å²) < 4.78 is 0. The third-order valence-electron chi connectivity index (χ3n) is 4.73. The Labute approximate surface area is 182 Å². The second kappa shape index (κ2) is 9.63. The molecule has 0 spiro atoms. The molecular weight excluding hydrogens is 392 g/mol. The van der Waals surface area contributed by atoms with E-state index in [4.69, 9.17) is 0 Å². The Morgan fingerprint density at radius 2 is 1.53 bits per heavy atom. The van der Waals surface area contributed by atoms with Crippen molar-refractivity contribution in [1.29, 1.82) is 0 Å². The minimum absolute atomic E-state index is 0.0546. The molecule has 1 unspecified atom stereocenters. The van der Waals surface area contributed by atoms with Crippen molar-refractivity contribution in [2.24, 2.45) is 0 Å². The van der Waals surface area contributed by atoms with Crippen molar-refractivity contribution >= 4 is 35.0 Å². The predicted molar refractivity (Wildman–Crippen MR) is 125 cm³/mol. The van der Waals surface area contributed by atoms with E-state index in [-0.39, 0.29) is 17.1 Å². The highest BCUT2D eigenvalue weighted by atomic mass is 32.2. The van der Waals surface area contributed by atoms with Gasteiger partial charge in [0.25, 0.3) is 5.91 Å². The largest absolute Gasteiger partial charge is 0.325 e. The lowest BCUT2D eigenvalue weighted by molar-refractivity contribution is -0.115. The Bertz CT molecular complexity index is 1060. The number of nitrogens with one attached hydrogen (secondary N) is 2. The first-order chi connectivity index (χ1) is 14.3. The number of hydrogen-bond donors (Lipinski definition) is 2. The number of benzene rings is 3. The average molecular weight is 419 g/mol. The summed E-state index contributed by atoms with van der Waals surface area (Å²) >= 11 is 1.46. The Kier molecular flexibility index (Phi) is 6.95. The first-order valence-electron chi connectivity index (χ1n) is 9.84. The topological polar surface area (TPSA) is 58.2 Å². The van der Waals surface area contributed by atoms with E-state index in [2.05, 4.69) is 10.6 Å². The monoisotopic (exact) mass is 418 g/mol. The number of amides is 2. The SMILES string of the molecule is Cc1ccc(C(=O)Nc2cccc(SC(C)C(=O)Nc3ccc(C)cc3C)c2)cc1. The Morgan fingerprint density at radius 3 is 2.23 bits per heavy atom. The predicted octanol–water partition coefficient (Wildman–Crippen LogP) is 5.98. The molecule has 3 aromatic rings. The first kappa shape index (κ1) is 21.7. The van der Waals surface area contributed by atoms with Gasteiger partial charge in [0.15, 0.2) is 0 Å². The maximum atomic E-state index is 12.6. The van der Waals surface area contributed by atoms with Gasteiger partial charge in [0, 0.05) is 21.8 Å². The maximum absolute atomic E-state index is 12.6. The van der Waals surface area contributed by atoms with E-state index in [1.54, 1.807) is 0 Å². The summed E-state index contributed by atoms with van der Waals surface area (Å²) in [7, 11) is 0. The van der Waals surface area contributed by atoms with Crippen LogP contribution in [0.2, 0.25) is 0 Å². The normalized spacial score (nSPS) is 11.6. The highest BCUT2D eigenvalue weighted by molar-refractivity contribution is 8.00. The number of anilines is 2. The van der Waals surface area contributed by atoms with Gasteiger partial charge in [-0.2, -0.15) is 0 Å². The maximum Gasteiger partial charge on any atom is 0.255 e. The van der Waals surface area contributed by atoms with Gasteiger partial charge in [0.2, 0.25) is 5.91 Å². The van der Waals surface area contributed by atoms with Crippen molar-refractivity contribution in [3.63, 3.8) is 0 Å². The molecule has 5 heteroatoms. The molecule has 0 aliphatic rings. The van der Waals surface area contributed by atoms with Crippen molar-refractivity contribution < 1.29 is 9.59 Å². The number of aryl methyl sites for hydroxylation is 3. The van der Waals surface area contributed by atoms with Gasteiger partial charge in [-0.1, -0.05) is 41.5 Å². The van der Waals surface area contributed by atoms with Crippen LogP contribution in [0.3, 0.4) is 0 Å². The molecule has 2 N–H and O–H groups in total. The van der Waals surface area contributed by atoms with Gasteiger partial charge < -0.3 is 10.6 Å². The lowest BCUT2D eigenvalue weighted by Crippen LogP contribution is -2.22. The highest BCUT2D eigenvalue weighted by Crippen LogP contribution is 2.27. The number of hydrogen-bond acceptors (Lipinski definition) is 3. The summed E-state index contributed by atoms with van der Waals surface area (Å²) in [4.78, 5) is 26.0. The molecule has 154 valence electrons. The van der Waals surface area contributed by atoms with Crippen LogP contribution >= 0.6 is 11.8 Å². The molecule has 0 radical (unpaired) electrons. The Balaban J connectivity index is 1.63. The van der Waals surface area contributed by atoms with Gasteiger partial charge in [-0.15, -0.1) is 11.8 Å². The van der Waals surface area contributed by atoms with Crippen LogP contribution in [0.25, 0.3) is 0 Å². The van der Waals surface area contributed by atoms with Crippen LogP contribution in [0.4, 0.5) is 11.4 Å². The lowest BCUT2D eigenvalue weighted by atomic mass is 10.1. The average Bonchev–Trinajstić information content (AvgIpc) is 2.70. The van der Waals surface area contributed by atoms with Crippen molar-refractivity contribution in [2.45, 2.75) is 37.8 Å². The van der Waals surface area contributed by atoms with Crippen LogP contribution in [-0.2, 0) is 4.79 Å². The Morgan fingerprint density at radius 1 is 0.833 bits per heavy atom. The molecule has 0 fully saturated rings. The summed E-state index contributed by atoms with van der Waals surface area (Å²) in [5, 5.41) is 5.64. The fourth-order valence-electron chi connectivity index (χ4n) is 3.00. The molecule has 30 heavy (non-hydrogen) atoms. The number of rotatable bonds is 6. The molecule has 0 aromatic heterocycles. The fourth-order valence-corrected chi connectivity index (χ4v) is 3.93. The third kappa shape index (κ3) is 5.74. The van der Waals surface area contributed by atoms with Gasteiger partial charge in [-0.25, -0.2) is 0 Å². The zero-order valence-electron chi connectivity index (χ0n) is 17.7. The quantitative estimate of drug-likeness (QED) is 0.484. The van der Waals surface area contributed by atoms with E-state index in [0.717, 1.165) is 27.3 Å². The van der Waals surface area contributed by atoms with E-state index in [0.29, 0.717) is 11.3 Å². The second-order valence-corrected chi connectivity index (χ2v) is 8.83. The van der Waals surface area contributed by atoms with Gasteiger partial charge in [0.05, 0.1) is 5.25 Å². The number of thioether (sulfide) groups is 1. The van der Waals surface area contributed by atoms with Crippen molar-refractivity contribution in [3.05, 3.63) is 89.0 Å². The number of carbonyl (C=O) groups excluding carboxylic acids is 2. The molecule has 0 aliphatic carbocycles. The molecule has 0 bridgehead atoms. The molecule has 0 aliphatic heterocycles. The van der Waals surface area contributed by atoms with Crippen LogP contribution in [0.1, 0.15) is 34.0 Å². The molecule has 3 rings (SSSR count). The van der Waals surface area contributed by atoms with Crippen LogP contribution in [0.15, 0.2) is 71.6 Å². The van der Waals surface area contributed by atoms with E-state index < -0.39 is 0 Å². The Hall–Kier alpha value is -3.05. The summed E-state index contributed by atoms with van der Waals surface area (Å²) in [5.74, 6) is -0.209. The van der Waals surface area contributed by atoms with E-state index in [1.165, 1.54) is 11.8 Å². The second-order valence-electron chi connectivity index (χ2n) is 7.42. The summed E-state index contributed by atoms with van der Waals surface area (Å²) in [6.45, 7) is 7.88. The molecule has 4 nitrogen and oxygen atoms in total. The standard InChI is InChI=1S/C25H26N2O2S/c1-16-8-11-20(12-9-16)25(29)26-21-6-5-7-22(15-21)30-19(4)24(28)27-23-13-10-17(2)14-18(23)3/h5-15,19H,1-4H3,(H,26,29)(H,27,28). The van der Waals surface area contributed by atoms with Crippen LogP contribution in [-0.4, -0.2) is 17.1 Å². The molecule has 0 saturated carbocycles. The van der Waals surface area contributed by atoms with Gasteiger partial charge in [-0.3, -0.25) is 9.59 Å².